The highest BCUT2D eigenvalue weighted by molar-refractivity contribution is 5.33. The van der Waals surface area contributed by atoms with Crippen molar-refractivity contribution in [2.24, 2.45) is 13.0 Å². The Bertz CT molecular complexity index is 787. The molecule has 0 unspecified atom stereocenters. The Kier molecular flexibility index (Phi) is 4.55. The number of piperidine rings is 1. The van der Waals surface area contributed by atoms with Gasteiger partial charge in [-0.1, -0.05) is 31.0 Å². The van der Waals surface area contributed by atoms with Crippen LogP contribution in [-0.4, -0.2) is 26.9 Å². The predicted molar refractivity (Wildman–Crippen MR) is 101 cm³/mol. The van der Waals surface area contributed by atoms with E-state index in [-0.39, 0.29) is 5.56 Å². The first-order valence-electron chi connectivity index (χ1n) is 9.74. The summed E-state index contributed by atoms with van der Waals surface area (Å²) in [5.41, 5.74) is 3.15. The van der Waals surface area contributed by atoms with Crippen molar-refractivity contribution in [2.75, 3.05) is 6.54 Å². The second-order valence-electron chi connectivity index (χ2n) is 7.76. The highest BCUT2D eigenvalue weighted by atomic mass is 16.1. The van der Waals surface area contributed by atoms with Crippen LogP contribution < -0.4 is 5.56 Å². The number of benzene rings is 1. The summed E-state index contributed by atoms with van der Waals surface area (Å²) in [4.78, 5) is 15.8. The first-order chi connectivity index (χ1) is 12.2. The van der Waals surface area contributed by atoms with Crippen LogP contribution in [0.2, 0.25) is 0 Å². The molecule has 4 nitrogen and oxygen atoms in total. The average molecular weight is 339 g/mol. The molecule has 1 aromatic heterocycles. The number of hydrogen-bond acceptors (Lipinski definition) is 2. The van der Waals surface area contributed by atoms with Crippen molar-refractivity contribution in [3.8, 4) is 5.69 Å². The molecule has 4 rings (SSSR count). The lowest BCUT2D eigenvalue weighted by Gasteiger charge is -2.44. The third kappa shape index (κ3) is 2.97. The summed E-state index contributed by atoms with van der Waals surface area (Å²) < 4.78 is 3.82. The maximum atomic E-state index is 13.2. The van der Waals surface area contributed by atoms with Gasteiger partial charge in [0.2, 0.25) is 0 Å². The first kappa shape index (κ1) is 16.6. The molecule has 2 atom stereocenters. The fourth-order valence-electron chi connectivity index (χ4n) is 4.93. The number of likely N-dealkylation sites (tertiary alicyclic amines) is 1. The van der Waals surface area contributed by atoms with E-state index in [4.69, 9.17) is 0 Å². The van der Waals surface area contributed by atoms with Gasteiger partial charge in [-0.05, 0) is 57.2 Å². The summed E-state index contributed by atoms with van der Waals surface area (Å²) in [6.45, 7) is 4.03. The van der Waals surface area contributed by atoms with E-state index in [1.807, 2.05) is 46.7 Å². The second kappa shape index (κ2) is 6.83. The van der Waals surface area contributed by atoms with E-state index < -0.39 is 0 Å². The highest BCUT2D eigenvalue weighted by Crippen LogP contribution is 2.35. The van der Waals surface area contributed by atoms with Crippen molar-refractivity contribution < 1.29 is 0 Å². The summed E-state index contributed by atoms with van der Waals surface area (Å²) in [5.74, 6) is 0.850. The van der Waals surface area contributed by atoms with Gasteiger partial charge >= 0.3 is 0 Å². The van der Waals surface area contributed by atoms with E-state index in [1.54, 1.807) is 0 Å². The number of para-hydroxylation sites is 1. The fourth-order valence-corrected chi connectivity index (χ4v) is 4.93. The molecule has 1 saturated carbocycles. The van der Waals surface area contributed by atoms with Crippen LogP contribution in [0, 0.1) is 12.8 Å². The molecule has 2 fully saturated rings. The van der Waals surface area contributed by atoms with Crippen LogP contribution in [0.3, 0.4) is 0 Å². The van der Waals surface area contributed by atoms with Crippen LogP contribution in [0.5, 0.6) is 0 Å². The molecule has 2 heterocycles. The van der Waals surface area contributed by atoms with Crippen molar-refractivity contribution in [3.05, 3.63) is 51.9 Å². The van der Waals surface area contributed by atoms with Gasteiger partial charge in [0.15, 0.2) is 0 Å². The zero-order valence-electron chi connectivity index (χ0n) is 15.4. The molecule has 1 saturated heterocycles. The van der Waals surface area contributed by atoms with E-state index in [9.17, 15) is 4.79 Å². The van der Waals surface area contributed by atoms with E-state index in [2.05, 4.69) is 11.8 Å². The van der Waals surface area contributed by atoms with Crippen LogP contribution >= 0.6 is 0 Å². The van der Waals surface area contributed by atoms with Crippen molar-refractivity contribution in [1.29, 1.82) is 0 Å². The summed E-state index contributed by atoms with van der Waals surface area (Å²) in [6.07, 6.45) is 8.08. The Morgan fingerprint density at radius 3 is 2.56 bits per heavy atom. The predicted octanol–water partition coefficient (Wildman–Crippen LogP) is 3.64. The topological polar surface area (TPSA) is 30.2 Å². The summed E-state index contributed by atoms with van der Waals surface area (Å²) in [5, 5.41) is 0. The third-order valence-electron chi connectivity index (χ3n) is 6.39. The Labute approximate surface area is 150 Å². The summed E-state index contributed by atoms with van der Waals surface area (Å²) in [7, 11) is 1.99. The van der Waals surface area contributed by atoms with Gasteiger partial charge in [0.25, 0.3) is 5.56 Å². The maximum absolute atomic E-state index is 13.2. The van der Waals surface area contributed by atoms with Crippen LogP contribution in [-0.2, 0) is 13.6 Å². The first-order valence-corrected chi connectivity index (χ1v) is 9.74. The molecule has 0 N–H and O–H groups in total. The monoisotopic (exact) mass is 339 g/mol. The SMILES string of the molecule is Cc1c(CN2CCC[C@@H]3CCCC[C@H]32)c(=O)n(-c2ccccc2)n1C. The molecule has 1 aliphatic carbocycles. The molecule has 0 amide bonds. The van der Waals surface area contributed by atoms with Crippen LogP contribution in [0.4, 0.5) is 0 Å². The number of hydrogen-bond donors (Lipinski definition) is 0. The number of fused-ring (bicyclic) bond motifs is 1. The molecule has 4 heteroatoms. The molecule has 0 bridgehead atoms. The number of rotatable bonds is 3. The minimum atomic E-state index is 0.143. The number of nitrogens with zero attached hydrogens (tertiary/aromatic N) is 3. The van der Waals surface area contributed by atoms with Gasteiger partial charge in [0, 0.05) is 25.3 Å². The molecule has 25 heavy (non-hydrogen) atoms. The second-order valence-corrected chi connectivity index (χ2v) is 7.76. The molecule has 134 valence electrons. The Hall–Kier alpha value is -1.81. The van der Waals surface area contributed by atoms with Crippen molar-refractivity contribution in [2.45, 2.75) is 58.0 Å². The van der Waals surface area contributed by atoms with Gasteiger partial charge in [0.1, 0.15) is 0 Å². The quantitative estimate of drug-likeness (QED) is 0.855. The third-order valence-corrected chi connectivity index (χ3v) is 6.39. The highest BCUT2D eigenvalue weighted by Gasteiger charge is 2.34. The van der Waals surface area contributed by atoms with Crippen molar-refractivity contribution in [3.63, 3.8) is 0 Å². The van der Waals surface area contributed by atoms with Gasteiger partial charge in [-0.15, -0.1) is 0 Å². The van der Waals surface area contributed by atoms with Crippen LogP contribution in [0.25, 0.3) is 5.69 Å². The zero-order valence-corrected chi connectivity index (χ0v) is 15.4. The standard InChI is InChI=1S/C21H29N3O/c1-16-19(15-23-14-8-10-17-9-6-7-13-20(17)23)21(25)24(22(16)2)18-11-4-3-5-12-18/h3-5,11-12,17,20H,6-10,13-15H2,1-2H3/t17-,20+/m0/s1. The summed E-state index contributed by atoms with van der Waals surface area (Å²) in [6, 6.07) is 10.7. The van der Waals surface area contributed by atoms with Gasteiger partial charge in [-0.25, -0.2) is 4.68 Å². The molecular formula is C21H29N3O. The molecule has 2 aromatic rings. The lowest BCUT2D eigenvalue weighted by Crippen LogP contribution is -2.46. The maximum Gasteiger partial charge on any atom is 0.276 e. The Balaban J connectivity index is 1.66. The lowest BCUT2D eigenvalue weighted by atomic mass is 9.78. The molecule has 2 aliphatic rings. The van der Waals surface area contributed by atoms with Crippen LogP contribution in [0.15, 0.2) is 35.1 Å². The Morgan fingerprint density at radius 1 is 1.04 bits per heavy atom. The van der Waals surface area contributed by atoms with Gasteiger partial charge in [-0.3, -0.25) is 14.4 Å². The number of aromatic nitrogens is 2. The van der Waals surface area contributed by atoms with Crippen molar-refractivity contribution >= 4 is 0 Å². The molecule has 0 radical (unpaired) electrons. The van der Waals surface area contributed by atoms with E-state index in [1.165, 1.54) is 38.5 Å². The summed E-state index contributed by atoms with van der Waals surface area (Å²) >= 11 is 0. The van der Waals surface area contributed by atoms with Crippen molar-refractivity contribution in [1.82, 2.24) is 14.3 Å². The molecule has 1 aromatic carbocycles. The lowest BCUT2D eigenvalue weighted by molar-refractivity contribution is 0.0543. The van der Waals surface area contributed by atoms with E-state index >= 15 is 0 Å². The molecule has 1 aliphatic heterocycles. The van der Waals surface area contributed by atoms with E-state index in [0.29, 0.717) is 6.04 Å². The van der Waals surface area contributed by atoms with Gasteiger partial charge < -0.3 is 0 Å². The molecular weight excluding hydrogens is 310 g/mol. The van der Waals surface area contributed by atoms with E-state index in [0.717, 1.165) is 36.0 Å². The van der Waals surface area contributed by atoms with Gasteiger partial charge in [0.05, 0.1) is 11.3 Å². The molecule has 0 spiro atoms. The normalized spacial score (nSPS) is 24.2. The Morgan fingerprint density at radius 2 is 1.76 bits per heavy atom. The largest absolute Gasteiger partial charge is 0.296 e. The smallest absolute Gasteiger partial charge is 0.276 e. The zero-order chi connectivity index (χ0) is 17.4. The minimum absolute atomic E-state index is 0.143. The fraction of sp³-hybridized carbons (Fsp3) is 0.571. The minimum Gasteiger partial charge on any atom is -0.296 e. The average Bonchev–Trinajstić information content (AvgIpc) is 2.86. The van der Waals surface area contributed by atoms with Crippen LogP contribution in [0.1, 0.15) is 49.8 Å². The van der Waals surface area contributed by atoms with Gasteiger partial charge in [-0.2, -0.15) is 0 Å².